The van der Waals surface area contributed by atoms with Crippen LogP contribution in [0.15, 0.2) is 75.4 Å². The molecule has 4 aromatic rings. The van der Waals surface area contributed by atoms with E-state index in [9.17, 15) is 14.7 Å². The summed E-state index contributed by atoms with van der Waals surface area (Å²) in [4.78, 5) is 33.9. The molecule has 0 radical (unpaired) electrons. The van der Waals surface area contributed by atoms with Crippen molar-refractivity contribution in [3.05, 3.63) is 92.8 Å². The maximum Gasteiger partial charge on any atom is 0.335 e. The van der Waals surface area contributed by atoms with Crippen molar-refractivity contribution in [1.29, 1.82) is 0 Å². The van der Waals surface area contributed by atoms with Gasteiger partial charge in [-0.25, -0.2) is 9.36 Å². The second-order valence-corrected chi connectivity index (χ2v) is 6.31. The molecule has 2 aromatic heterocycles. The zero-order valence-corrected chi connectivity index (χ0v) is 14.9. The summed E-state index contributed by atoms with van der Waals surface area (Å²) in [6.07, 6.45) is 3.93. The third-order valence-corrected chi connectivity index (χ3v) is 4.54. The molecule has 0 unspecified atom stereocenters. The topological polar surface area (TPSA) is 103 Å². The predicted molar refractivity (Wildman–Crippen MR) is 109 cm³/mol. The Kier molecular flexibility index (Phi) is 4.63. The van der Waals surface area contributed by atoms with E-state index in [1.807, 2.05) is 30.5 Å². The molecule has 0 amide bonds. The quantitative estimate of drug-likeness (QED) is 0.467. The summed E-state index contributed by atoms with van der Waals surface area (Å²) in [7, 11) is 0. The molecule has 0 saturated carbocycles. The number of H-pyrrole nitrogens is 2. The van der Waals surface area contributed by atoms with Gasteiger partial charge in [-0.15, -0.1) is 0 Å². The Labute approximate surface area is 159 Å². The normalized spacial score (nSPS) is 11.4. The molecule has 28 heavy (non-hydrogen) atoms. The monoisotopic (exact) mass is 374 g/mol. The highest BCUT2D eigenvalue weighted by atomic mass is 16.3. The average Bonchev–Trinajstić information content (AvgIpc) is 3.11. The number of benzene rings is 2. The van der Waals surface area contributed by atoms with Crippen molar-refractivity contribution in [2.75, 3.05) is 6.54 Å². The molecule has 0 bridgehead atoms. The standard InChI is InChI=1S/C21H18N4O3/c26-19-17(20(27)25(21(28)24-19)15-6-2-1-3-7-15)13-22-11-10-14-12-23-18-9-5-4-8-16(14)18/h1-9,12-13,23,27H,10-11H2,(H,24,26,28). The molecule has 2 aromatic carbocycles. The van der Waals surface area contributed by atoms with Crippen LogP contribution in [0.25, 0.3) is 16.6 Å². The van der Waals surface area contributed by atoms with Crippen LogP contribution in [0.5, 0.6) is 5.88 Å². The van der Waals surface area contributed by atoms with Gasteiger partial charge < -0.3 is 10.1 Å². The first-order chi connectivity index (χ1) is 13.6. The maximum atomic E-state index is 12.1. The summed E-state index contributed by atoms with van der Waals surface area (Å²) in [5, 5.41) is 11.6. The molecule has 0 aliphatic carbocycles. The van der Waals surface area contributed by atoms with Crippen molar-refractivity contribution < 1.29 is 5.11 Å². The van der Waals surface area contributed by atoms with Crippen LogP contribution in [0, 0.1) is 0 Å². The molecule has 140 valence electrons. The lowest BCUT2D eigenvalue weighted by Crippen LogP contribution is -2.31. The molecule has 2 heterocycles. The lowest BCUT2D eigenvalue weighted by Gasteiger charge is -2.09. The van der Waals surface area contributed by atoms with E-state index in [2.05, 4.69) is 15.0 Å². The van der Waals surface area contributed by atoms with E-state index in [1.165, 1.54) is 6.21 Å². The Morgan fingerprint density at radius 2 is 1.79 bits per heavy atom. The SMILES string of the molecule is O=c1[nH]c(=O)n(-c2ccccc2)c(O)c1C=NCCc1c[nH]c2ccccc12. The van der Waals surface area contributed by atoms with E-state index >= 15 is 0 Å². The van der Waals surface area contributed by atoms with Gasteiger partial charge in [-0.1, -0.05) is 36.4 Å². The second kappa shape index (κ2) is 7.40. The van der Waals surface area contributed by atoms with Gasteiger partial charge in [0.1, 0.15) is 5.56 Å². The number of aliphatic imine (C=N–C) groups is 1. The molecule has 3 N–H and O–H groups in total. The molecule has 0 spiro atoms. The van der Waals surface area contributed by atoms with Gasteiger partial charge in [0.05, 0.1) is 5.69 Å². The highest BCUT2D eigenvalue weighted by molar-refractivity contribution is 5.83. The van der Waals surface area contributed by atoms with E-state index in [1.54, 1.807) is 30.3 Å². The fraction of sp³-hybridized carbons (Fsp3) is 0.0952. The Hall–Kier alpha value is -3.87. The number of rotatable bonds is 5. The molecule has 7 nitrogen and oxygen atoms in total. The van der Waals surface area contributed by atoms with Crippen LogP contribution in [-0.4, -0.2) is 32.4 Å². The van der Waals surface area contributed by atoms with Crippen LogP contribution >= 0.6 is 0 Å². The van der Waals surface area contributed by atoms with Crippen molar-refractivity contribution >= 4 is 17.1 Å². The van der Waals surface area contributed by atoms with Crippen LogP contribution in [0.1, 0.15) is 11.1 Å². The lowest BCUT2D eigenvalue weighted by molar-refractivity contribution is 0.430. The zero-order chi connectivity index (χ0) is 19.5. The van der Waals surface area contributed by atoms with E-state index in [0.717, 1.165) is 21.0 Å². The Balaban J connectivity index is 1.59. The molecule has 4 rings (SSSR count). The van der Waals surface area contributed by atoms with E-state index in [-0.39, 0.29) is 5.56 Å². The fourth-order valence-electron chi connectivity index (χ4n) is 3.15. The van der Waals surface area contributed by atoms with Gasteiger partial charge in [0.15, 0.2) is 0 Å². The first kappa shape index (κ1) is 17.5. The summed E-state index contributed by atoms with van der Waals surface area (Å²) < 4.78 is 1.04. The number of nitrogens with one attached hydrogen (secondary N) is 2. The van der Waals surface area contributed by atoms with Crippen LogP contribution in [-0.2, 0) is 6.42 Å². The minimum absolute atomic E-state index is 0.0534. The number of aromatic amines is 2. The second-order valence-electron chi connectivity index (χ2n) is 6.31. The number of hydrogen-bond donors (Lipinski definition) is 3. The van der Waals surface area contributed by atoms with Crippen molar-refractivity contribution in [2.45, 2.75) is 6.42 Å². The van der Waals surface area contributed by atoms with Gasteiger partial charge in [-0.2, -0.15) is 0 Å². The number of nitrogens with zero attached hydrogens (tertiary/aromatic N) is 2. The Bertz CT molecular complexity index is 1270. The average molecular weight is 374 g/mol. The highest BCUT2D eigenvalue weighted by Crippen LogP contribution is 2.18. The van der Waals surface area contributed by atoms with E-state index < -0.39 is 17.1 Å². The summed E-state index contributed by atoms with van der Waals surface area (Å²) in [6, 6.07) is 16.6. The van der Waals surface area contributed by atoms with Gasteiger partial charge in [0, 0.05) is 29.9 Å². The van der Waals surface area contributed by atoms with Gasteiger partial charge in [-0.05, 0) is 30.2 Å². The number of para-hydroxylation sites is 2. The van der Waals surface area contributed by atoms with Gasteiger partial charge >= 0.3 is 5.69 Å². The Morgan fingerprint density at radius 3 is 2.61 bits per heavy atom. The molecule has 0 aliphatic heterocycles. The highest BCUT2D eigenvalue weighted by Gasteiger charge is 2.13. The predicted octanol–water partition coefficient (Wildman–Crippen LogP) is 2.37. The van der Waals surface area contributed by atoms with Crippen molar-refractivity contribution in [3.63, 3.8) is 0 Å². The first-order valence-corrected chi connectivity index (χ1v) is 8.83. The summed E-state index contributed by atoms with van der Waals surface area (Å²) in [6.45, 7) is 0.436. The van der Waals surface area contributed by atoms with Crippen LogP contribution < -0.4 is 11.2 Å². The smallest absolute Gasteiger partial charge is 0.335 e. The summed E-state index contributed by atoms with van der Waals surface area (Å²) >= 11 is 0. The summed E-state index contributed by atoms with van der Waals surface area (Å²) in [5.74, 6) is -0.434. The molecule has 0 aliphatic rings. The number of fused-ring (bicyclic) bond motifs is 1. The van der Waals surface area contributed by atoms with Crippen molar-refractivity contribution in [3.8, 4) is 11.6 Å². The maximum absolute atomic E-state index is 12.1. The number of aromatic hydroxyl groups is 1. The van der Waals surface area contributed by atoms with Gasteiger partial charge in [0.25, 0.3) is 5.56 Å². The number of aromatic nitrogens is 3. The van der Waals surface area contributed by atoms with Gasteiger partial charge in [-0.3, -0.25) is 14.8 Å². The van der Waals surface area contributed by atoms with Crippen molar-refractivity contribution in [2.24, 2.45) is 4.99 Å². The molecule has 0 fully saturated rings. The number of hydrogen-bond acceptors (Lipinski definition) is 4. The fourth-order valence-corrected chi connectivity index (χ4v) is 3.15. The Morgan fingerprint density at radius 1 is 1.04 bits per heavy atom. The third-order valence-electron chi connectivity index (χ3n) is 4.54. The lowest BCUT2D eigenvalue weighted by atomic mass is 10.1. The molecule has 0 saturated heterocycles. The largest absolute Gasteiger partial charge is 0.493 e. The van der Waals surface area contributed by atoms with E-state index in [0.29, 0.717) is 18.7 Å². The molecule has 7 heteroatoms. The zero-order valence-electron chi connectivity index (χ0n) is 14.9. The van der Waals surface area contributed by atoms with Crippen LogP contribution in [0.2, 0.25) is 0 Å². The molecular formula is C21H18N4O3. The summed E-state index contributed by atoms with van der Waals surface area (Å²) in [5.41, 5.74) is 1.21. The minimum Gasteiger partial charge on any atom is -0.493 e. The first-order valence-electron chi connectivity index (χ1n) is 8.83. The molecule has 0 atom stereocenters. The van der Waals surface area contributed by atoms with Crippen molar-refractivity contribution in [1.82, 2.24) is 14.5 Å². The minimum atomic E-state index is -0.704. The van der Waals surface area contributed by atoms with Gasteiger partial charge in [0.2, 0.25) is 5.88 Å². The third kappa shape index (κ3) is 3.25. The van der Waals surface area contributed by atoms with Crippen LogP contribution in [0.3, 0.4) is 0 Å². The van der Waals surface area contributed by atoms with E-state index in [4.69, 9.17) is 0 Å². The van der Waals surface area contributed by atoms with Crippen LogP contribution in [0.4, 0.5) is 0 Å². The molecular weight excluding hydrogens is 356 g/mol.